The van der Waals surface area contributed by atoms with E-state index in [1.54, 1.807) is 0 Å². The standard InChI is InChI=1S/C26H26N6O3/c1-15-22(16(2)35-30-15)18-6-7-20-23-24(18)34-13-21(19-5-3-4-10-27-19)32(23)25(29-20)31-11-17(12-31)26(8-9-26)28-14-33/h3-7,10,14,17,21H,8-9,11-13H2,1-2H3,(H,28,33)/t21-/m1/s1. The van der Waals surface area contributed by atoms with E-state index in [1.807, 2.05) is 38.2 Å². The van der Waals surface area contributed by atoms with E-state index in [0.29, 0.717) is 12.5 Å². The highest BCUT2D eigenvalue weighted by atomic mass is 16.5. The van der Waals surface area contributed by atoms with Gasteiger partial charge in [0.25, 0.3) is 0 Å². The lowest BCUT2D eigenvalue weighted by atomic mass is 9.89. The Kier molecular flexibility index (Phi) is 4.28. The number of hydrogen-bond donors (Lipinski definition) is 1. The number of nitrogens with zero attached hydrogens (tertiary/aromatic N) is 5. The molecule has 1 aromatic carbocycles. The molecule has 3 aromatic heterocycles. The van der Waals surface area contributed by atoms with Gasteiger partial charge in [-0.3, -0.25) is 14.3 Å². The first-order valence-electron chi connectivity index (χ1n) is 12.1. The number of carbonyl (C=O) groups excluding carboxylic acids is 1. The summed E-state index contributed by atoms with van der Waals surface area (Å²) in [5, 5.41) is 7.23. The van der Waals surface area contributed by atoms with Gasteiger partial charge in [0, 0.05) is 36.3 Å². The molecule has 1 saturated carbocycles. The quantitative estimate of drug-likeness (QED) is 0.431. The first kappa shape index (κ1) is 20.5. The van der Waals surface area contributed by atoms with Crippen molar-refractivity contribution in [2.45, 2.75) is 38.3 Å². The van der Waals surface area contributed by atoms with Crippen LogP contribution >= 0.6 is 0 Å². The van der Waals surface area contributed by atoms with E-state index in [9.17, 15) is 4.79 Å². The van der Waals surface area contributed by atoms with Crippen LogP contribution < -0.4 is 15.0 Å². The van der Waals surface area contributed by atoms with Gasteiger partial charge in [-0.25, -0.2) is 4.98 Å². The normalized spacial score (nSPS) is 20.4. The molecule has 2 fully saturated rings. The molecule has 9 nitrogen and oxygen atoms in total. The van der Waals surface area contributed by atoms with Gasteiger partial charge in [0.15, 0.2) is 5.75 Å². The smallest absolute Gasteiger partial charge is 0.207 e. The molecule has 35 heavy (non-hydrogen) atoms. The van der Waals surface area contributed by atoms with Gasteiger partial charge in [0.2, 0.25) is 12.4 Å². The van der Waals surface area contributed by atoms with Crippen molar-refractivity contribution in [1.29, 1.82) is 0 Å². The zero-order valence-electron chi connectivity index (χ0n) is 19.7. The van der Waals surface area contributed by atoms with Crippen LogP contribution in [0.25, 0.3) is 22.2 Å². The minimum Gasteiger partial charge on any atom is -0.488 e. The van der Waals surface area contributed by atoms with Gasteiger partial charge in [-0.2, -0.15) is 0 Å². The van der Waals surface area contributed by atoms with Crippen LogP contribution in [-0.4, -0.2) is 51.3 Å². The summed E-state index contributed by atoms with van der Waals surface area (Å²) in [6.07, 6.45) is 4.77. The first-order valence-corrected chi connectivity index (χ1v) is 12.1. The Bertz CT molecular complexity index is 1430. The summed E-state index contributed by atoms with van der Waals surface area (Å²) in [6, 6.07) is 9.99. The molecule has 9 heteroatoms. The maximum atomic E-state index is 11.1. The van der Waals surface area contributed by atoms with Gasteiger partial charge in [-0.05, 0) is 51.0 Å². The summed E-state index contributed by atoms with van der Waals surface area (Å²) in [6.45, 7) is 6.07. The molecule has 1 N–H and O–H groups in total. The molecule has 5 heterocycles. The number of hydrogen-bond acceptors (Lipinski definition) is 7. The predicted molar refractivity (Wildman–Crippen MR) is 129 cm³/mol. The van der Waals surface area contributed by atoms with Crippen LogP contribution in [0.5, 0.6) is 5.75 Å². The Labute approximate surface area is 202 Å². The van der Waals surface area contributed by atoms with Crippen molar-refractivity contribution in [2.24, 2.45) is 5.92 Å². The van der Waals surface area contributed by atoms with Crippen LogP contribution in [-0.2, 0) is 4.79 Å². The molecule has 0 unspecified atom stereocenters. The van der Waals surface area contributed by atoms with Gasteiger partial charge in [0.05, 0.1) is 22.5 Å². The average molecular weight is 471 g/mol. The average Bonchev–Trinajstić information content (AvgIpc) is 3.40. The number of ether oxygens (including phenoxy) is 1. The van der Waals surface area contributed by atoms with E-state index in [2.05, 4.69) is 37.1 Å². The minimum atomic E-state index is -0.0920. The molecule has 0 spiro atoms. The van der Waals surface area contributed by atoms with E-state index in [-0.39, 0.29) is 11.6 Å². The Hall–Kier alpha value is -3.88. The fourth-order valence-corrected chi connectivity index (χ4v) is 5.82. The largest absolute Gasteiger partial charge is 0.488 e. The summed E-state index contributed by atoms with van der Waals surface area (Å²) >= 11 is 0. The molecule has 0 bridgehead atoms. The summed E-state index contributed by atoms with van der Waals surface area (Å²) in [7, 11) is 0. The van der Waals surface area contributed by atoms with Crippen LogP contribution in [0.1, 0.15) is 36.0 Å². The number of rotatable bonds is 6. The topological polar surface area (TPSA) is 98.3 Å². The molecule has 7 rings (SSSR count). The SMILES string of the molecule is Cc1noc(C)c1-c1ccc2nc(N3CC(C4(NC=O)CC4)C3)n3c2c1OC[C@@H]3c1ccccn1. The molecule has 1 atom stereocenters. The van der Waals surface area contributed by atoms with Crippen molar-refractivity contribution in [2.75, 3.05) is 24.6 Å². The van der Waals surface area contributed by atoms with Gasteiger partial charge < -0.3 is 19.5 Å². The van der Waals surface area contributed by atoms with Gasteiger partial charge in [0.1, 0.15) is 23.9 Å². The van der Waals surface area contributed by atoms with E-state index >= 15 is 0 Å². The van der Waals surface area contributed by atoms with Crippen LogP contribution in [0.15, 0.2) is 41.1 Å². The Morgan fingerprint density at radius 3 is 2.71 bits per heavy atom. The highest BCUT2D eigenvalue weighted by Gasteiger charge is 2.54. The summed E-state index contributed by atoms with van der Waals surface area (Å²) in [5.74, 6) is 2.93. The number of anilines is 1. The maximum absolute atomic E-state index is 11.1. The number of nitrogens with one attached hydrogen (secondary N) is 1. The number of imidazole rings is 1. The van der Waals surface area contributed by atoms with Crippen LogP contribution in [0.2, 0.25) is 0 Å². The lowest BCUT2D eigenvalue weighted by Gasteiger charge is -2.45. The lowest BCUT2D eigenvalue weighted by molar-refractivity contribution is -0.110. The molecule has 1 saturated heterocycles. The highest BCUT2D eigenvalue weighted by molar-refractivity contribution is 5.94. The monoisotopic (exact) mass is 470 g/mol. The van der Waals surface area contributed by atoms with Crippen LogP contribution in [0.4, 0.5) is 5.95 Å². The summed E-state index contributed by atoms with van der Waals surface area (Å²) in [5.41, 5.74) is 5.54. The van der Waals surface area contributed by atoms with Crippen molar-refractivity contribution < 1.29 is 14.1 Å². The van der Waals surface area contributed by atoms with E-state index < -0.39 is 0 Å². The van der Waals surface area contributed by atoms with Crippen molar-refractivity contribution in [3.8, 4) is 16.9 Å². The Morgan fingerprint density at radius 2 is 2.03 bits per heavy atom. The first-order chi connectivity index (χ1) is 17.1. The fraction of sp³-hybridized carbons (Fsp3) is 0.385. The second-order valence-corrected chi connectivity index (χ2v) is 9.89. The van der Waals surface area contributed by atoms with Crippen molar-refractivity contribution in [3.05, 3.63) is 53.7 Å². The molecule has 2 aliphatic heterocycles. The second-order valence-electron chi connectivity index (χ2n) is 9.89. The van der Waals surface area contributed by atoms with Gasteiger partial charge in [-0.15, -0.1) is 0 Å². The third-order valence-corrected chi connectivity index (χ3v) is 7.90. The van der Waals surface area contributed by atoms with Gasteiger partial charge >= 0.3 is 0 Å². The lowest BCUT2D eigenvalue weighted by Crippen LogP contribution is -2.58. The molecule has 3 aliphatic rings. The van der Waals surface area contributed by atoms with E-state index in [1.165, 1.54) is 0 Å². The zero-order chi connectivity index (χ0) is 23.7. The number of pyridine rings is 1. The fourth-order valence-electron chi connectivity index (χ4n) is 5.82. The molecular formula is C26H26N6O3. The summed E-state index contributed by atoms with van der Waals surface area (Å²) < 4.78 is 14.2. The van der Waals surface area contributed by atoms with Crippen LogP contribution in [0, 0.1) is 19.8 Å². The zero-order valence-corrected chi connectivity index (χ0v) is 19.7. The third-order valence-electron chi connectivity index (χ3n) is 7.90. The number of carbonyl (C=O) groups is 1. The maximum Gasteiger partial charge on any atom is 0.207 e. The molecule has 178 valence electrons. The van der Waals surface area contributed by atoms with Crippen LogP contribution in [0.3, 0.4) is 0 Å². The highest BCUT2D eigenvalue weighted by Crippen LogP contribution is 2.49. The molecule has 4 aromatic rings. The molecule has 1 amide bonds. The number of benzene rings is 1. The minimum absolute atomic E-state index is 0.0304. The van der Waals surface area contributed by atoms with Crippen molar-refractivity contribution in [3.63, 3.8) is 0 Å². The molecular weight excluding hydrogens is 444 g/mol. The number of amides is 1. The number of aryl methyl sites for hydroxylation is 2. The van der Waals surface area contributed by atoms with E-state index in [4.69, 9.17) is 14.2 Å². The molecule has 1 aliphatic carbocycles. The predicted octanol–water partition coefficient (Wildman–Crippen LogP) is 3.40. The van der Waals surface area contributed by atoms with Crippen molar-refractivity contribution in [1.82, 2.24) is 25.0 Å². The second kappa shape index (κ2) is 7.31. The Balaban J connectivity index is 1.37. The number of aromatic nitrogens is 4. The third kappa shape index (κ3) is 2.93. The van der Waals surface area contributed by atoms with E-state index in [0.717, 1.165) is 83.3 Å². The Morgan fingerprint density at radius 1 is 1.17 bits per heavy atom. The molecule has 0 radical (unpaired) electrons. The van der Waals surface area contributed by atoms with Gasteiger partial charge in [-0.1, -0.05) is 11.2 Å². The van der Waals surface area contributed by atoms with Crippen molar-refractivity contribution >= 4 is 23.4 Å². The summed E-state index contributed by atoms with van der Waals surface area (Å²) in [4.78, 5) is 23.2.